The Balaban J connectivity index is 2.26. The summed E-state index contributed by atoms with van der Waals surface area (Å²) in [6.45, 7) is 1.57. The molecule has 1 N–H and O–H groups in total. The van der Waals surface area contributed by atoms with Crippen LogP contribution >= 0.6 is 0 Å². The lowest BCUT2D eigenvalue weighted by molar-refractivity contribution is -0.137. The molecule has 1 fully saturated rings. The van der Waals surface area contributed by atoms with Crippen LogP contribution in [0.2, 0.25) is 0 Å². The highest BCUT2D eigenvalue weighted by molar-refractivity contribution is 5.22. The molecule has 0 spiro atoms. The Morgan fingerprint density at radius 1 is 1.40 bits per heavy atom. The van der Waals surface area contributed by atoms with Gasteiger partial charge in [0.1, 0.15) is 0 Å². The van der Waals surface area contributed by atoms with Gasteiger partial charge in [0.2, 0.25) is 0 Å². The number of hydrogen-bond acceptors (Lipinski definition) is 2. The first-order chi connectivity index (χ1) is 7.07. The zero-order valence-electron chi connectivity index (χ0n) is 8.01. The first-order valence-corrected chi connectivity index (χ1v) is 4.81. The number of aromatic nitrogens is 1. The molecular weight excluding hydrogens is 205 g/mol. The maximum Gasteiger partial charge on any atom is 0.416 e. The van der Waals surface area contributed by atoms with E-state index in [4.69, 9.17) is 0 Å². The summed E-state index contributed by atoms with van der Waals surface area (Å²) in [5, 5.41) is 3.11. The Labute approximate surface area is 85.5 Å². The van der Waals surface area contributed by atoms with Gasteiger partial charge in [-0.2, -0.15) is 13.2 Å². The van der Waals surface area contributed by atoms with Crippen molar-refractivity contribution in [3.8, 4) is 0 Å². The van der Waals surface area contributed by atoms with Crippen LogP contribution in [0.15, 0.2) is 18.3 Å². The SMILES string of the molecule is FC(F)(F)c1ccnc(C2CCNC2)c1. The van der Waals surface area contributed by atoms with Crippen LogP contribution in [0, 0.1) is 0 Å². The van der Waals surface area contributed by atoms with E-state index < -0.39 is 11.7 Å². The van der Waals surface area contributed by atoms with Gasteiger partial charge in [0.25, 0.3) is 0 Å². The number of pyridine rings is 1. The average molecular weight is 216 g/mol. The maximum absolute atomic E-state index is 12.4. The van der Waals surface area contributed by atoms with Gasteiger partial charge in [-0.25, -0.2) is 0 Å². The molecule has 1 aromatic rings. The van der Waals surface area contributed by atoms with Crippen LogP contribution in [-0.2, 0) is 6.18 Å². The normalized spacial score (nSPS) is 21.9. The molecule has 0 aliphatic carbocycles. The maximum atomic E-state index is 12.4. The molecule has 2 rings (SSSR count). The largest absolute Gasteiger partial charge is 0.416 e. The smallest absolute Gasteiger partial charge is 0.316 e. The Bertz CT molecular complexity index is 343. The molecule has 0 radical (unpaired) electrons. The highest BCUT2D eigenvalue weighted by Crippen LogP contribution is 2.31. The molecule has 82 valence electrons. The zero-order valence-corrected chi connectivity index (χ0v) is 8.01. The van der Waals surface area contributed by atoms with Crippen LogP contribution in [0.3, 0.4) is 0 Å². The molecule has 0 amide bonds. The minimum atomic E-state index is -4.27. The fraction of sp³-hybridized carbons (Fsp3) is 0.500. The van der Waals surface area contributed by atoms with Crippen LogP contribution < -0.4 is 5.32 Å². The molecule has 15 heavy (non-hydrogen) atoms. The predicted molar refractivity (Wildman–Crippen MR) is 49.5 cm³/mol. The molecule has 0 bridgehead atoms. The van der Waals surface area contributed by atoms with Gasteiger partial charge in [0.15, 0.2) is 0 Å². The molecule has 1 atom stereocenters. The summed E-state index contributed by atoms with van der Waals surface area (Å²) in [6, 6.07) is 2.16. The van der Waals surface area contributed by atoms with Gasteiger partial charge in [0, 0.05) is 24.4 Å². The van der Waals surface area contributed by atoms with Crippen molar-refractivity contribution in [2.24, 2.45) is 0 Å². The molecule has 2 nitrogen and oxygen atoms in total. The summed E-state index contributed by atoms with van der Waals surface area (Å²) < 4.78 is 37.2. The van der Waals surface area contributed by atoms with E-state index in [0.717, 1.165) is 25.1 Å². The number of hydrogen-bond donors (Lipinski definition) is 1. The van der Waals surface area contributed by atoms with E-state index in [9.17, 15) is 13.2 Å². The number of rotatable bonds is 1. The highest BCUT2D eigenvalue weighted by atomic mass is 19.4. The van der Waals surface area contributed by atoms with Gasteiger partial charge in [-0.1, -0.05) is 0 Å². The third-order valence-electron chi connectivity index (χ3n) is 2.59. The van der Waals surface area contributed by atoms with Gasteiger partial charge in [-0.15, -0.1) is 0 Å². The van der Waals surface area contributed by atoms with Crippen LogP contribution in [0.25, 0.3) is 0 Å². The Kier molecular flexibility index (Phi) is 2.65. The average Bonchev–Trinajstić information content (AvgIpc) is 2.69. The summed E-state index contributed by atoms with van der Waals surface area (Å²) in [6.07, 6.45) is -2.19. The Hall–Kier alpha value is -1.10. The minimum absolute atomic E-state index is 0.118. The molecule has 5 heteroatoms. The van der Waals surface area contributed by atoms with E-state index in [-0.39, 0.29) is 5.92 Å². The van der Waals surface area contributed by atoms with Crippen molar-refractivity contribution in [2.75, 3.05) is 13.1 Å². The van der Waals surface area contributed by atoms with E-state index in [0.29, 0.717) is 12.2 Å². The van der Waals surface area contributed by atoms with E-state index in [1.165, 1.54) is 6.20 Å². The van der Waals surface area contributed by atoms with Crippen molar-refractivity contribution in [1.82, 2.24) is 10.3 Å². The quantitative estimate of drug-likeness (QED) is 0.778. The second-order valence-electron chi connectivity index (χ2n) is 3.66. The third kappa shape index (κ3) is 2.28. The fourth-order valence-electron chi connectivity index (χ4n) is 1.76. The molecule has 1 aliphatic heterocycles. The number of nitrogens with one attached hydrogen (secondary N) is 1. The standard InChI is InChI=1S/C10H11F3N2/c11-10(12,13)8-2-4-15-9(5-8)7-1-3-14-6-7/h2,4-5,7,14H,1,3,6H2. The van der Waals surface area contributed by atoms with E-state index in [1.54, 1.807) is 0 Å². The highest BCUT2D eigenvalue weighted by Gasteiger charge is 2.31. The summed E-state index contributed by atoms with van der Waals surface area (Å²) in [4.78, 5) is 3.99. The molecule has 0 saturated carbocycles. The van der Waals surface area contributed by atoms with Crippen molar-refractivity contribution < 1.29 is 13.2 Å². The van der Waals surface area contributed by atoms with Crippen molar-refractivity contribution in [3.05, 3.63) is 29.6 Å². The third-order valence-corrected chi connectivity index (χ3v) is 2.59. The topological polar surface area (TPSA) is 24.9 Å². The summed E-state index contributed by atoms with van der Waals surface area (Å²) in [5.74, 6) is 0.118. The minimum Gasteiger partial charge on any atom is -0.316 e. The summed E-state index contributed by atoms with van der Waals surface area (Å²) in [7, 11) is 0. The monoisotopic (exact) mass is 216 g/mol. The second-order valence-corrected chi connectivity index (χ2v) is 3.66. The molecule has 1 aliphatic rings. The van der Waals surface area contributed by atoms with Crippen molar-refractivity contribution in [3.63, 3.8) is 0 Å². The summed E-state index contributed by atoms with van der Waals surface area (Å²) in [5.41, 5.74) is -0.0748. The molecule has 1 aromatic heterocycles. The molecular formula is C10H11F3N2. The van der Waals surface area contributed by atoms with Crippen LogP contribution in [0.5, 0.6) is 0 Å². The van der Waals surface area contributed by atoms with Crippen molar-refractivity contribution in [1.29, 1.82) is 0 Å². The number of nitrogens with zero attached hydrogens (tertiary/aromatic N) is 1. The van der Waals surface area contributed by atoms with Gasteiger partial charge >= 0.3 is 6.18 Å². The van der Waals surface area contributed by atoms with Gasteiger partial charge < -0.3 is 5.32 Å². The first-order valence-electron chi connectivity index (χ1n) is 4.81. The number of halogens is 3. The van der Waals surface area contributed by atoms with Crippen LogP contribution in [0.4, 0.5) is 13.2 Å². The van der Waals surface area contributed by atoms with Crippen LogP contribution in [0.1, 0.15) is 23.6 Å². The lowest BCUT2D eigenvalue weighted by Crippen LogP contribution is -2.11. The molecule has 0 aromatic carbocycles. The van der Waals surface area contributed by atoms with E-state index in [2.05, 4.69) is 10.3 Å². The van der Waals surface area contributed by atoms with Crippen molar-refractivity contribution >= 4 is 0 Å². The zero-order chi connectivity index (χ0) is 10.9. The van der Waals surface area contributed by atoms with Crippen LogP contribution in [-0.4, -0.2) is 18.1 Å². The van der Waals surface area contributed by atoms with E-state index >= 15 is 0 Å². The predicted octanol–water partition coefficient (Wildman–Crippen LogP) is 2.18. The first kappa shape index (κ1) is 10.4. The fourth-order valence-corrected chi connectivity index (χ4v) is 1.76. The van der Waals surface area contributed by atoms with E-state index in [1.807, 2.05) is 0 Å². The lowest BCUT2D eigenvalue weighted by atomic mass is 10.0. The lowest BCUT2D eigenvalue weighted by Gasteiger charge is -2.11. The Morgan fingerprint density at radius 3 is 2.80 bits per heavy atom. The van der Waals surface area contributed by atoms with Crippen molar-refractivity contribution in [2.45, 2.75) is 18.5 Å². The van der Waals surface area contributed by atoms with Gasteiger partial charge in [-0.05, 0) is 25.1 Å². The van der Waals surface area contributed by atoms with Gasteiger partial charge in [-0.3, -0.25) is 4.98 Å². The molecule has 2 heterocycles. The summed E-state index contributed by atoms with van der Waals surface area (Å²) >= 11 is 0. The van der Waals surface area contributed by atoms with Gasteiger partial charge in [0.05, 0.1) is 5.56 Å². The Morgan fingerprint density at radius 2 is 2.20 bits per heavy atom. The number of alkyl halides is 3. The molecule has 1 saturated heterocycles. The molecule has 1 unspecified atom stereocenters. The second kappa shape index (κ2) is 3.81.